The minimum Gasteiger partial charge on any atom is -0.351 e. The van der Waals surface area contributed by atoms with E-state index in [9.17, 15) is 13.2 Å². The zero-order valence-corrected chi connectivity index (χ0v) is 14.1. The fourth-order valence-corrected chi connectivity index (χ4v) is 4.76. The van der Waals surface area contributed by atoms with Gasteiger partial charge in [0.2, 0.25) is 5.91 Å². The van der Waals surface area contributed by atoms with Crippen molar-refractivity contribution in [2.75, 3.05) is 11.5 Å². The first kappa shape index (κ1) is 16.6. The van der Waals surface area contributed by atoms with Gasteiger partial charge in [0.25, 0.3) is 0 Å². The lowest BCUT2D eigenvalue weighted by Gasteiger charge is -2.15. The van der Waals surface area contributed by atoms with Crippen molar-refractivity contribution < 1.29 is 13.2 Å². The summed E-state index contributed by atoms with van der Waals surface area (Å²) in [5.41, 5.74) is 1.10. The van der Waals surface area contributed by atoms with Crippen LogP contribution in [0.3, 0.4) is 0 Å². The van der Waals surface area contributed by atoms with Gasteiger partial charge < -0.3 is 5.32 Å². The van der Waals surface area contributed by atoms with Gasteiger partial charge in [-0.25, -0.2) is 8.42 Å². The third kappa shape index (κ3) is 5.20. The van der Waals surface area contributed by atoms with Crippen molar-refractivity contribution in [2.45, 2.75) is 30.4 Å². The molecule has 4 nitrogen and oxygen atoms in total. The highest BCUT2D eigenvalue weighted by Crippen LogP contribution is 2.20. The minimum atomic E-state index is -2.96. The molecule has 0 radical (unpaired) electrons. The molecule has 1 aliphatic rings. The molecule has 1 saturated heterocycles. The fourth-order valence-electron chi connectivity index (χ4n) is 2.10. The zero-order valence-electron chi connectivity index (χ0n) is 11.7. The first-order valence-corrected chi connectivity index (χ1v) is 9.97. The number of nitrogens with one attached hydrogen (secondary N) is 1. The van der Waals surface area contributed by atoms with Crippen LogP contribution in [0.2, 0.25) is 5.02 Å². The number of rotatable bonds is 5. The van der Waals surface area contributed by atoms with Crippen LogP contribution in [0.1, 0.15) is 18.9 Å². The van der Waals surface area contributed by atoms with Crippen LogP contribution in [0.25, 0.3) is 0 Å². The van der Waals surface area contributed by atoms with E-state index in [2.05, 4.69) is 5.32 Å². The molecule has 2 rings (SSSR count). The van der Waals surface area contributed by atoms with Gasteiger partial charge in [0, 0.05) is 16.8 Å². The Morgan fingerprint density at radius 2 is 2.10 bits per heavy atom. The third-order valence-corrected chi connectivity index (χ3v) is 6.60. The molecule has 0 unspecified atom stereocenters. The number of halogens is 1. The predicted octanol–water partition coefficient (Wildman–Crippen LogP) is 2.27. The summed E-state index contributed by atoms with van der Waals surface area (Å²) in [4.78, 5) is 12.0. The molecule has 1 amide bonds. The second-order valence-electron chi connectivity index (χ2n) is 5.19. The number of hydrogen-bond acceptors (Lipinski definition) is 4. The molecule has 0 saturated carbocycles. The van der Waals surface area contributed by atoms with Crippen LogP contribution in [0.5, 0.6) is 0 Å². The van der Waals surface area contributed by atoms with Crippen LogP contribution in [0, 0.1) is 0 Å². The molecule has 1 N–H and O–H groups in total. The highest BCUT2D eigenvalue weighted by atomic mass is 35.5. The number of amides is 1. The number of hydrogen-bond donors (Lipinski definition) is 1. The van der Waals surface area contributed by atoms with Crippen molar-refractivity contribution in [1.82, 2.24) is 5.32 Å². The molecule has 0 spiro atoms. The Morgan fingerprint density at radius 1 is 1.43 bits per heavy atom. The molecule has 116 valence electrons. The van der Waals surface area contributed by atoms with Gasteiger partial charge in [-0.2, -0.15) is 0 Å². The van der Waals surface area contributed by atoms with E-state index in [-0.39, 0.29) is 28.7 Å². The largest absolute Gasteiger partial charge is 0.351 e. The van der Waals surface area contributed by atoms with Crippen LogP contribution in [-0.4, -0.2) is 37.1 Å². The van der Waals surface area contributed by atoms with E-state index in [0.717, 1.165) is 5.56 Å². The Kier molecular flexibility index (Phi) is 5.57. The summed E-state index contributed by atoms with van der Waals surface area (Å²) < 4.78 is 22.7. The normalized spacial score (nSPS) is 21.9. The predicted molar refractivity (Wildman–Crippen MR) is 87.4 cm³/mol. The van der Waals surface area contributed by atoms with E-state index in [1.807, 2.05) is 31.2 Å². The van der Waals surface area contributed by atoms with Gasteiger partial charge in [0.05, 0.1) is 16.8 Å². The number of thioether (sulfide) groups is 1. The summed E-state index contributed by atoms with van der Waals surface area (Å²) in [6.45, 7) is 1.83. The van der Waals surface area contributed by atoms with E-state index in [4.69, 9.17) is 11.6 Å². The third-order valence-electron chi connectivity index (χ3n) is 3.36. The van der Waals surface area contributed by atoms with Gasteiger partial charge in [-0.15, -0.1) is 11.8 Å². The molecular weight excluding hydrogens is 330 g/mol. The summed E-state index contributed by atoms with van der Waals surface area (Å²) >= 11 is 7.35. The highest BCUT2D eigenvalue weighted by Gasteiger charge is 2.29. The Labute approximate surface area is 134 Å². The number of carbonyl (C=O) groups excluding carboxylic acids is 1. The number of carbonyl (C=O) groups is 1. The van der Waals surface area contributed by atoms with Crippen LogP contribution in [0.15, 0.2) is 24.3 Å². The molecule has 1 aromatic rings. The quantitative estimate of drug-likeness (QED) is 0.887. The lowest BCUT2D eigenvalue weighted by atomic mass is 10.2. The van der Waals surface area contributed by atoms with Crippen molar-refractivity contribution in [3.8, 4) is 0 Å². The molecule has 7 heteroatoms. The van der Waals surface area contributed by atoms with Crippen LogP contribution in [0.4, 0.5) is 0 Å². The molecule has 0 aromatic heterocycles. The van der Waals surface area contributed by atoms with E-state index < -0.39 is 9.84 Å². The van der Waals surface area contributed by atoms with Crippen molar-refractivity contribution in [3.05, 3.63) is 34.9 Å². The van der Waals surface area contributed by atoms with Crippen molar-refractivity contribution in [1.29, 1.82) is 0 Å². The Hall–Kier alpha value is -0.720. The van der Waals surface area contributed by atoms with Gasteiger partial charge in [-0.1, -0.05) is 23.7 Å². The van der Waals surface area contributed by atoms with E-state index >= 15 is 0 Å². The SMILES string of the molecule is C[C@@H](SCc1ccc(Cl)cc1)C(=O)N[C@@H]1CCS(=O)(=O)C1. The van der Waals surface area contributed by atoms with E-state index in [0.29, 0.717) is 17.2 Å². The van der Waals surface area contributed by atoms with Gasteiger partial charge in [0.1, 0.15) is 0 Å². The molecule has 1 aromatic carbocycles. The van der Waals surface area contributed by atoms with Crippen LogP contribution < -0.4 is 5.32 Å². The average molecular weight is 348 g/mol. The first-order valence-electron chi connectivity index (χ1n) is 6.72. The summed E-state index contributed by atoms with van der Waals surface area (Å²) in [7, 11) is -2.96. The molecule has 2 atom stereocenters. The second kappa shape index (κ2) is 7.03. The Balaban J connectivity index is 1.79. The molecule has 1 aliphatic heterocycles. The maximum absolute atomic E-state index is 12.0. The molecule has 1 heterocycles. The maximum atomic E-state index is 12.0. The molecule has 21 heavy (non-hydrogen) atoms. The van der Waals surface area contributed by atoms with Crippen LogP contribution in [-0.2, 0) is 20.4 Å². The molecule has 1 fully saturated rings. The number of sulfone groups is 1. The monoisotopic (exact) mass is 347 g/mol. The van der Waals surface area contributed by atoms with Gasteiger partial charge in [-0.3, -0.25) is 4.79 Å². The van der Waals surface area contributed by atoms with E-state index in [1.165, 1.54) is 11.8 Å². The minimum absolute atomic E-state index is 0.0628. The summed E-state index contributed by atoms with van der Waals surface area (Å²) in [6.07, 6.45) is 0.517. The topological polar surface area (TPSA) is 63.2 Å². The average Bonchev–Trinajstić information content (AvgIpc) is 2.77. The standard InChI is InChI=1S/C14H18ClNO3S2/c1-10(20-8-11-2-4-12(15)5-3-11)14(17)16-13-6-7-21(18,19)9-13/h2-5,10,13H,6-9H2,1H3,(H,16,17)/t10-,13-/m1/s1. The first-order chi connectivity index (χ1) is 9.85. The zero-order chi connectivity index (χ0) is 15.5. The van der Waals surface area contributed by atoms with Crippen molar-refractivity contribution >= 4 is 39.1 Å². The van der Waals surface area contributed by atoms with E-state index in [1.54, 1.807) is 0 Å². The maximum Gasteiger partial charge on any atom is 0.233 e. The Bertz CT molecular complexity index is 601. The second-order valence-corrected chi connectivity index (χ2v) is 9.18. The van der Waals surface area contributed by atoms with Gasteiger partial charge in [0.15, 0.2) is 9.84 Å². The smallest absolute Gasteiger partial charge is 0.233 e. The molecular formula is C14H18ClNO3S2. The Morgan fingerprint density at radius 3 is 2.67 bits per heavy atom. The van der Waals surface area contributed by atoms with Crippen LogP contribution >= 0.6 is 23.4 Å². The molecule has 0 aliphatic carbocycles. The summed E-state index contributed by atoms with van der Waals surface area (Å²) in [5, 5.41) is 3.29. The van der Waals surface area contributed by atoms with Gasteiger partial charge >= 0.3 is 0 Å². The van der Waals surface area contributed by atoms with Crippen molar-refractivity contribution in [3.63, 3.8) is 0 Å². The lowest BCUT2D eigenvalue weighted by molar-refractivity contribution is -0.120. The lowest BCUT2D eigenvalue weighted by Crippen LogP contribution is -2.40. The highest BCUT2D eigenvalue weighted by molar-refractivity contribution is 7.99. The van der Waals surface area contributed by atoms with Crippen molar-refractivity contribution in [2.24, 2.45) is 0 Å². The molecule has 0 bridgehead atoms. The summed E-state index contributed by atoms with van der Waals surface area (Å²) in [5.74, 6) is 0.850. The van der Waals surface area contributed by atoms with Gasteiger partial charge in [-0.05, 0) is 31.0 Å². The number of benzene rings is 1. The fraction of sp³-hybridized carbons (Fsp3) is 0.500. The summed E-state index contributed by atoms with van der Waals surface area (Å²) in [6, 6.07) is 7.28.